The van der Waals surface area contributed by atoms with Gasteiger partial charge in [-0.2, -0.15) is 0 Å². The predicted molar refractivity (Wildman–Crippen MR) is 111 cm³/mol. The van der Waals surface area contributed by atoms with Gasteiger partial charge in [0.1, 0.15) is 5.69 Å². The molecule has 144 valence electrons. The number of rotatable bonds is 5. The molecule has 0 unspecified atom stereocenters. The molecule has 2 aromatic heterocycles. The zero-order valence-electron chi connectivity index (χ0n) is 16.7. The van der Waals surface area contributed by atoms with Gasteiger partial charge in [-0.1, -0.05) is 35.9 Å². The van der Waals surface area contributed by atoms with Crippen LogP contribution < -0.4 is 5.32 Å². The fourth-order valence-corrected chi connectivity index (χ4v) is 4.17. The fraction of sp³-hybridized carbons (Fsp3) is 0.333. The minimum Gasteiger partial charge on any atom is -0.345 e. The lowest BCUT2D eigenvalue weighted by atomic mass is 9.95. The van der Waals surface area contributed by atoms with Crippen molar-refractivity contribution in [3.63, 3.8) is 0 Å². The highest BCUT2D eigenvalue weighted by atomic mass is 16.1. The topological polar surface area (TPSA) is 46.9 Å². The van der Waals surface area contributed by atoms with Crippen molar-refractivity contribution in [1.82, 2.24) is 14.9 Å². The van der Waals surface area contributed by atoms with Gasteiger partial charge < -0.3 is 9.88 Å². The monoisotopic (exact) mass is 373 g/mol. The number of aromatic nitrogens is 2. The maximum absolute atomic E-state index is 13.2. The van der Waals surface area contributed by atoms with E-state index in [1.807, 2.05) is 18.2 Å². The van der Waals surface area contributed by atoms with E-state index in [-0.39, 0.29) is 5.91 Å². The van der Waals surface area contributed by atoms with E-state index < -0.39 is 0 Å². The number of carbonyl (C=O) groups excluding carboxylic acids is 1. The maximum atomic E-state index is 13.2. The average molecular weight is 374 g/mol. The van der Waals surface area contributed by atoms with E-state index >= 15 is 0 Å². The molecule has 3 aromatic rings. The van der Waals surface area contributed by atoms with Gasteiger partial charge in [0.2, 0.25) is 0 Å². The minimum atomic E-state index is -0.00957. The van der Waals surface area contributed by atoms with Crippen molar-refractivity contribution < 1.29 is 4.79 Å². The van der Waals surface area contributed by atoms with Gasteiger partial charge in [0.05, 0.1) is 12.2 Å². The molecule has 1 aromatic carbocycles. The predicted octanol–water partition coefficient (Wildman–Crippen LogP) is 4.36. The molecule has 4 heteroatoms. The normalized spacial score (nSPS) is 13.2. The maximum Gasteiger partial charge on any atom is 0.268 e. The number of nitrogens with one attached hydrogen (secondary N) is 1. The molecule has 0 saturated heterocycles. The number of nitrogens with zero attached hydrogens (tertiary/aromatic N) is 2. The van der Waals surface area contributed by atoms with Crippen molar-refractivity contribution >= 4 is 5.91 Å². The zero-order chi connectivity index (χ0) is 19.5. The third kappa shape index (κ3) is 3.72. The van der Waals surface area contributed by atoms with Gasteiger partial charge in [-0.05, 0) is 68.4 Å². The Morgan fingerprint density at radius 1 is 1.07 bits per heavy atom. The Balaban J connectivity index is 1.65. The van der Waals surface area contributed by atoms with Crippen molar-refractivity contribution in [2.75, 3.05) is 0 Å². The number of hydrogen-bond acceptors (Lipinski definition) is 2. The zero-order valence-corrected chi connectivity index (χ0v) is 16.7. The summed E-state index contributed by atoms with van der Waals surface area (Å²) in [4.78, 5) is 17.5. The van der Waals surface area contributed by atoms with Gasteiger partial charge in [-0.15, -0.1) is 0 Å². The second kappa shape index (κ2) is 8.01. The van der Waals surface area contributed by atoms with Gasteiger partial charge in [0.15, 0.2) is 0 Å². The largest absolute Gasteiger partial charge is 0.345 e. The molecule has 4 nitrogen and oxygen atoms in total. The van der Waals surface area contributed by atoms with Gasteiger partial charge in [0, 0.05) is 18.4 Å². The molecule has 0 fully saturated rings. The molecular formula is C24H27N3O. The molecule has 0 radical (unpaired) electrons. The van der Waals surface area contributed by atoms with E-state index in [2.05, 4.69) is 53.0 Å². The smallest absolute Gasteiger partial charge is 0.268 e. The lowest BCUT2D eigenvalue weighted by Crippen LogP contribution is -2.27. The number of pyridine rings is 1. The summed E-state index contributed by atoms with van der Waals surface area (Å²) in [5.74, 6) is -0.00957. The molecule has 4 rings (SSSR count). The van der Waals surface area contributed by atoms with Gasteiger partial charge in [-0.3, -0.25) is 9.78 Å². The average Bonchev–Trinajstić information content (AvgIpc) is 3.01. The Bertz CT molecular complexity index is 971. The quantitative estimate of drug-likeness (QED) is 0.722. The second-order valence-corrected chi connectivity index (χ2v) is 7.68. The van der Waals surface area contributed by atoms with Crippen LogP contribution in [0.2, 0.25) is 0 Å². The first-order valence-corrected chi connectivity index (χ1v) is 10.1. The van der Waals surface area contributed by atoms with Crippen LogP contribution in [0.4, 0.5) is 0 Å². The highest BCUT2D eigenvalue weighted by Gasteiger charge is 2.26. The molecule has 0 saturated carbocycles. The third-order valence-electron chi connectivity index (χ3n) is 5.67. The first-order valence-electron chi connectivity index (χ1n) is 10.1. The third-order valence-corrected chi connectivity index (χ3v) is 5.67. The van der Waals surface area contributed by atoms with Gasteiger partial charge in [-0.25, -0.2) is 0 Å². The molecule has 0 aliphatic heterocycles. The molecule has 1 aliphatic carbocycles. The van der Waals surface area contributed by atoms with Gasteiger partial charge >= 0.3 is 0 Å². The van der Waals surface area contributed by atoms with E-state index in [0.717, 1.165) is 36.3 Å². The fourth-order valence-electron chi connectivity index (χ4n) is 4.17. The molecule has 0 atom stereocenters. The lowest BCUT2D eigenvalue weighted by molar-refractivity contribution is 0.0940. The van der Waals surface area contributed by atoms with E-state index in [1.165, 1.54) is 35.2 Å². The SMILES string of the molecule is Cc1ccc(Cn2c3c(c(C)c2C(=O)NCc2ccccn2)CCCC3)cc1. The molecule has 0 spiro atoms. The van der Waals surface area contributed by atoms with Crippen LogP contribution in [0.1, 0.15) is 57.0 Å². The van der Waals surface area contributed by atoms with Crippen LogP contribution in [0.25, 0.3) is 0 Å². The minimum absolute atomic E-state index is 0.00957. The highest BCUT2D eigenvalue weighted by molar-refractivity contribution is 5.95. The van der Waals surface area contributed by atoms with E-state index in [4.69, 9.17) is 0 Å². The molecule has 1 amide bonds. The van der Waals surface area contributed by atoms with Crippen LogP contribution in [-0.2, 0) is 25.9 Å². The molecule has 1 N–H and O–H groups in total. The van der Waals surface area contributed by atoms with Crippen molar-refractivity contribution in [2.24, 2.45) is 0 Å². The first-order chi connectivity index (χ1) is 13.6. The number of fused-ring (bicyclic) bond motifs is 1. The summed E-state index contributed by atoms with van der Waals surface area (Å²) < 4.78 is 2.25. The highest BCUT2D eigenvalue weighted by Crippen LogP contribution is 2.30. The standard InChI is InChI=1S/C24H27N3O/c1-17-10-12-19(13-11-17)16-27-22-9-4-3-8-21(22)18(2)23(27)24(28)26-15-20-7-5-6-14-25-20/h5-7,10-14H,3-4,8-9,15-16H2,1-2H3,(H,26,28). The number of benzene rings is 1. The van der Waals surface area contributed by atoms with Crippen LogP contribution in [0.15, 0.2) is 48.7 Å². The molecule has 28 heavy (non-hydrogen) atoms. The summed E-state index contributed by atoms with van der Waals surface area (Å²) >= 11 is 0. The van der Waals surface area contributed by atoms with Crippen LogP contribution in [-0.4, -0.2) is 15.5 Å². The summed E-state index contributed by atoms with van der Waals surface area (Å²) in [7, 11) is 0. The number of hydrogen-bond donors (Lipinski definition) is 1. The molecular weight excluding hydrogens is 346 g/mol. The molecule has 0 bridgehead atoms. The van der Waals surface area contributed by atoms with Gasteiger partial charge in [0.25, 0.3) is 5.91 Å². The lowest BCUT2D eigenvalue weighted by Gasteiger charge is -2.17. The first kappa shape index (κ1) is 18.5. The van der Waals surface area contributed by atoms with Crippen LogP contribution >= 0.6 is 0 Å². The second-order valence-electron chi connectivity index (χ2n) is 7.68. The van der Waals surface area contributed by atoms with Crippen LogP contribution in [0.3, 0.4) is 0 Å². The summed E-state index contributed by atoms with van der Waals surface area (Å²) in [6.07, 6.45) is 6.28. The van der Waals surface area contributed by atoms with Crippen molar-refractivity contribution in [3.8, 4) is 0 Å². The van der Waals surface area contributed by atoms with Crippen LogP contribution in [0, 0.1) is 13.8 Å². The summed E-state index contributed by atoms with van der Waals surface area (Å²) in [6, 6.07) is 14.4. The number of aryl methyl sites for hydroxylation is 1. The van der Waals surface area contributed by atoms with E-state index in [9.17, 15) is 4.79 Å². The molecule has 2 heterocycles. The van der Waals surface area contributed by atoms with Crippen LogP contribution in [0.5, 0.6) is 0 Å². The summed E-state index contributed by atoms with van der Waals surface area (Å²) in [6.45, 7) is 5.38. The summed E-state index contributed by atoms with van der Waals surface area (Å²) in [5.41, 5.74) is 8.02. The Kier molecular flexibility index (Phi) is 5.29. The number of amides is 1. The van der Waals surface area contributed by atoms with Crippen molar-refractivity contribution in [3.05, 3.63) is 88.0 Å². The van der Waals surface area contributed by atoms with E-state index in [0.29, 0.717) is 6.54 Å². The number of carbonyl (C=O) groups is 1. The van der Waals surface area contributed by atoms with Crippen molar-refractivity contribution in [2.45, 2.75) is 52.6 Å². The Morgan fingerprint density at radius 2 is 1.86 bits per heavy atom. The Labute approximate surface area is 166 Å². The Hall–Kier alpha value is -2.88. The summed E-state index contributed by atoms with van der Waals surface area (Å²) in [5, 5.41) is 3.08. The Morgan fingerprint density at radius 3 is 2.61 bits per heavy atom. The molecule has 1 aliphatic rings. The van der Waals surface area contributed by atoms with E-state index in [1.54, 1.807) is 6.20 Å². The van der Waals surface area contributed by atoms with Crippen molar-refractivity contribution in [1.29, 1.82) is 0 Å².